The zero-order valence-corrected chi connectivity index (χ0v) is 13.2. The Morgan fingerprint density at radius 2 is 1.83 bits per heavy atom. The highest BCUT2D eigenvalue weighted by atomic mass is 32.2. The van der Waals surface area contributed by atoms with Crippen molar-refractivity contribution in [1.29, 1.82) is 0 Å². The van der Waals surface area contributed by atoms with Gasteiger partial charge < -0.3 is 5.11 Å². The van der Waals surface area contributed by atoms with Crippen molar-refractivity contribution in [3.8, 4) is 11.3 Å². The van der Waals surface area contributed by atoms with Crippen LogP contribution in [-0.2, 0) is 0 Å². The number of hydrogen-bond donors (Lipinski definition) is 1. The molecular weight excluding hydrogens is 306 g/mol. The Balaban J connectivity index is 2.37. The molecule has 1 aromatic heterocycles. The minimum atomic E-state index is -0.938. The third kappa shape index (κ3) is 2.98. The molecule has 0 radical (unpaired) electrons. The Bertz CT molecular complexity index is 875. The fraction of sp³-hybridized carbons (Fsp3) is 0.0526. The van der Waals surface area contributed by atoms with Crippen LogP contribution in [0.3, 0.4) is 0 Å². The van der Waals surface area contributed by atoms with E-state index in [1.807, 2.05) is 48.5 Å². The largest absolute Gasteiger partial charge is 0.478 e. The van der Waals surface area contributed by atoms with E-state index in [1.54, 1.807) is 12.1 Å². The molecule has 0 aliphatic heterocycles. The molecular formula is C19H15NO2S. The van der Waals surface area contributed by atoms with E-state index in [4.69, 9.17) is 4.98 Å². The van der Waals surface area contributed by atoms with Gasteiger partial charge in [0.1, 0.15) is 0 Å². The molecule has 0 unspecified atom stereocenters. The lowest BCUT2D eigenvalue weighted by Gasteiger charge is -2.14. The Hall–Kier alpha value is -2.59. The molecule has 114 valence electrons. The summed E-state index contributed by atoms with van der Waals surface area (Å²) in [6, 6.07) is 17.0. The van der Waals surface area contributed by atoms with Gasteiger partial charge in [-0.05, 0) is 6.07 Å². The molecule has 3 nitrogen and oxygen atoms in total. The molecule has 0 spiro atoms. The summed E-state index contributed by atoms with van der Waals surface area (Å²) < 4.78 is 0. The van der Waals surface area contributed by atoms with E-state index < -0.39 is 5.97 Å². The fourth-order valence-electron chi connectivity index (χ4n) is 2.48. The molecule has 0 bridgehead atoms. The van der Waals surface area contributed by atoms with E-state index in [0.717, 1.165) is 5.56 Å². The molecule has 2 aromatic carbocycles. The predicted octanol–water partition coefficient (Wildman–Crippen LogP) is 4.88. The van der Waals surface area contributed by atoms with Crippen molar-refractivity contribution in [2.75, 3.05) is 5.75 Å². The summed E-state index contributed by atoms with van der Waals surface area (Å²) in [6.07, 6.45) is 1.76. The van der Waals surface area contributed by atoms with Gasteiger partial charge in [-0.1, -0.05) is 54.6 Å². The molecule has 0 aliphatic carbocycles. The number of pyridine rings is 1. The number of aromatic carboxylic acids is 1. The summed E-state index contributed by atoms with van der Waals surface area (Å²) in [5.74, 6) is -0.313. The van der Waals surface area contributed by atoms with E-state index in [9.17, 15) is 9.90 Å². The summed E-state index contributed by atoms with van der Waals surface area (Å²) in [5.41, 5.74) is 2.61. The number of fused-ring (bicyclic) bond motifs is 1. The first-order valence-corrected chi connectivity index (χ1v) is 8.16. The van der Waals surface area contributed by atoms with E-state index in [0.29, 0.717) is 32.8 Å². The topological polar surface area (TPSA) is 50.2 Å². The number of carboxylic acid groups (broad SMARTS) is 1. The van der Waals surface area contributed by atoms with E-state index in [2.05, 4.69) is 6.58 Å². The van der Waals surface area contributed by atoms with Gasteiger partial charge in [-0.25, -0.2) is 9.78 Å². The first kappa shape index (κ1) is 15.3. The quantitative estimate of drug-likeness (QED) is 0.537. The maximum atomic E-state index is 11.9. The molecule has 3 aromatic rings. The van der Waals surface area contributed by atoms with Crippen molar-refractivity contribution in [3.63, 3.8) is 0 Å². The third-order valence-electron chi connectivity index (χ3n) is 3.45. The maximum absolute atomic E-state index is 11.9. The van der Waals surface area contributed by atoms with Gasteiger partial charge in [0.05, 0.1) is 16.8 Å². The normalized spacial score (nSPS) is 10.6. The molecule has 0 saturated carbocycles. The van der Waals surface area contributed by atoms with Crippen molar-refractivity contribution in [2.24, 2.45) is 0 Å². The van der Waals surface area contributed by atoms with Crippen LogP contribution in [0.15, 0.2) is 72.1 Å². The number of aromatic nitrogens is 1. The number of carbonyl (C=O) groups is 1. The number of thioether (sulfide) groups is 1. The molecule has 4 heteroatoms. The summed E-state index contributed by atoms with van der Waals surface area (Å²) in [7, 11) is 0. The smallest absolute Gasteiger partial charge is 0.337 e. The van der Waals surface area contributed by atoms with Crippen LogP contribution in [0.4, 0.5) is 0 Å². The van der Waals surface area contributed by atoms with Crippen LogP contribution >= 0.6 is 11.8 Å². The van der Waals surface area contributed by atoms with Crippen LogP contribution in [0.2, 0.25) is 0 Å². The Kier molecular flexibility index (Phi) is 4.44. The Morgan fingerprint density at radius 1 is 1.13 bits per heavy atom. The highest BCUT2D eigenvalue weighted by Crippen LogP contribution is 2.37. The van der Waals surface area contributed by atoms with Crippen molar-refractivity contribution < 1.29 is 9.90 Å². The standard InChI is InChI=1S/C19H15NO2S/c1-2-12-23-18-16(19(21)22)14-10-6-7-11-15(14)20-17(18)13-8-4-3-5-9-13/h2-11H,1,12H2,(H,21,22). The number of benzene rings is 2. The zero-order chi connectivity index (χ0) is 16.2. The van der Waals surface area contributed by atoms with Gasteiger partial charge in [-0.2, -0.15) is 0 Å². The minimum Gasteiger partial charge on any atom is -0.478 e. The lowest BCUT2D eigenvalue weighted by atomic mass is 10.0. The van der Waals surface area contributed by atoms with E-state index in [1.165, 1.54) is 11.8 Å². The van der Waals surface area contributed by atoms with Crippen LogP contribution in [0.1, 0.15) is 10.4 Å². The lowest BCUT2D eigenvalue weighted by Crippen LogP contribution is -2.04. The van der Waals surface area contributed by atoms with Crippen LogP contribution < -0.4 is 0 Å². The van der Waals surface area contributed by atoms with Gasteiger partial charge in [0.15, 0.2) is 0 Å². The van der Waals surface area contributed by atoms with Crippen molar-refractivity contribution >= 4 is 28.6 Å². The van der Waals surface area contributed by atoms with Gasteiger partial charge in [0.25, 0.3) is 0 Å². The second kappa shape index (κ2) is 6.67. The van der Waals surface area contributed by atoms with Crippen molar-refractivity contribution in [2.45, 2.75) is 4.90 Å². The SMILES string of the molecule is C=CCSc1c(-c2ccccc2)nc2ccccc2c1C(=O)O. The molecule has 0 aliphatic rings. The number of hydrogen-bond acceptors (Lipinski definition) is 3. The highest BCUT2D eigenvalue weighted by molar-refractivity contribution is 7.99. The second-order valence-corrected chi connectivity index (χ2v) is 5.98. The average Bonchev–Trinajstić information content (AvgIpc) is 2.59. The van der Waals surface area contributed by atoms with Gasteiger partial charge in [-0.15, -0.1) is 18.3 Å². The maximum Gasteiger partial charge on any atom is 0.337 e. The van der Waals surface area contributed by atoms with Gasteiger partial charge >= 0.3 is 5.97 Å². The molecule has 23 heavy (non-hydrogen) atoms. The predicted molar refractivity (Wildman–Crippen MR) is 95.1 cm³/mol. The molecule has 0 atom stereocenters. The van der Waals surface area contributed by atoms with Gasteiger partial charge in [0, 0.05) is 21.6 Å². The Morgan fingerprint density at radius 3 is 2.52 bits per heavy atom. The highest BCUT2D eigenvalue weighted by Gasteiger charge is 2.21. The number of carboxylic acids is 1. The van der Waals surface area contributed by atoms with E-state index >= 15 is 0 Å². The first-order valence-electron chi connectivity index (χ1n) is 7.17. The molecule has 1 heterocycles. The summed E-state index contributed by atoms with van der Waals surface area (Å²) in [6.45, 7) is 3.73. The first-order chi connectivity index (χ1) is 11.2. The van der Waals surface area contributed by atoms with Crippen molar-refractivity contribution in [3.05, 3.63) is 72.8 Å². The summed E-state index contributed by atoms with van der Waals surface area (Å²) in [4.78, 5) is 17.3. The zero-order valence-electron chi connectivity index (χ0n) is 12.4. The van der Waals surface area contributed by atoms with Crippen molar-refractivity contribution in [1.82, 2.24) is 4.98 Å². The third-order valence-corrected chi connectivity index (χ3v) is 4.54. The summed E-state index contributed by atoms with van der Waals surface area (Å²) in [5, 5.41) is 10.4. The Labute approximate surface area is 138 Å². The van der Waals surface area contributed by atoms with Crippen LogP contribution in [0.5, 0.6) is 0 Å². The minimum absolute atomic E-state index is 0.307. The monoisotopic (exact) mass is 321 g/mol. The van der Waals surface area contributed by atoms with Gasteiger partial charge in [-0.3, -0.25) is 0 Å². The van der Waals surface area contributed by atoms with Crippen LogP contribution in [0.25, 0.3) is 22.2 Å². The molecule has 3 rings (SSSR count). The molecule has 0 fully saturated rings. The number of nitrogens with zero attached hydrogens (tertiary/aromatic N) is 1. The molecule has 0 amide bonds. The average molecular weight is 321 g/mol. The lowest BCUT2D eigenvalue weighted by molar-refractivity contribution is 0.0695. The van der Waals surface area contributed by atoms with Crippen LogP contribution in [-0.4, -0.2) is 21.8 Å². The van der Waals surface area contributed by atoms with Gasteiger partial charge in [0.2, 0.25) is 0 Å². The molecule has 1 N–H and O–H groups in total. The van der Waals surface area contributed by atoms with E-state index in [-0.39, 0.29) is 0 Å². The fourth-order valence-corrected chi connectivity index (χ4v) is 3.41. The summed E-state index contributed by atoms with van der Waals surface area (Å²) >= 11 is 1.45. The second-order valence-electron chi connectivity index (χ2n) is 4.95. The number of rotatable bonds is 5. The van der Waals surface area contributed by atoms with Crippen LogP contribution in [0, 0.1) is 0 Å². The number of para-hydroxylation sites is 1. The molecule has 0 saturated heterocycles.